The van der Waals surface area contributed by atoms with Crippen molar-refractivity contribution in [3.8, 4) is 0 Å². The van der Waals surface area contributed by atoms with Crippen molar-refractivity contribution in [2.75, 3.05) is 7.11 Å². The number of nitrogens with one attached hydrogen (secondary N) is 1. The molecule has 0 aromatic heterocycles. The Bertz CT molecular complexity index is 410. The van der Waals surface area contributed by atoms with E-state index in [4.69, 9.17) is 33.8 Å². The van der Waals surface area contributed by atoms with Crippen LogP contribution in [0.2, 0.25) is 10.0 Å². The highest BCUT2D eigenvalue weighted by Gasteiger charge is 2.19. The Morgan fingerprint density at radius 1 is 1.32 bits per heavy atom. The Morgan fingerprint density at radius 3 is 2.53 bits per heavy atom. The number of nitrogens with two attached hydrogens (primary N) is 1. The molecule has 0 saturated heterocycles. The second-order valence-electron chi connectivity index (χ2n) is 5.32. The normalized spacial score (nSPS) is 13.6. The van der Waals surface area contributed by atoms with Crippen molar-refractivity contribution in [2.45, 2.75) is 44.8 Å². The van der Waals surface area contributed by atoms with Gasteiger partial charge in [-0.15, -0.1) is 0 Å². The fraction of sp³-hybridized carbons (Fsp3) is 0.571. The first kappa shape index (κ1) is 16.7. The van der Waals surface area contributed by atoms with E-state index in [1.165, 1.54) is 0 Å². The molecule has 1 atom stereocenters. The Balaban J connectivity index is 2.59. The van der Waals surface area contributed by atoms with Crippen LogP contribution < -0.4 is 11.3 Å². The molecule has 1 aromatic rings. The molecule has 108 valence electrons. The predicted molar refractivity (Wildman–Crippen MR) is 81.6 cm³/mol. The number of hydrogen-bond acceptors (Lipinski definition) is 3. The van der Waals surface area contributed by atoms with Crippen molar-refractivity contribution in [3.63, 3.8) is 0 Å². The summed E-state index contributed by atoms with van der Waals surface area (Å²) in [6.45, 7) is 4.14. The van der Waals surface area contributed by atoms with Crippen LogP contribution in [0.1, 0.15) is 32.3 Å². The largest absolute Gasteiger partial charge is 0.379 e. The van der Waals surface area contributed by atoms with Gasteiger partial charge in [0.2, 0.25) is 0 Å². The lowest BCUT2D eigenvalue weighted by Gasteiger charge is -2.25. The molecule has 0 aliphatic rings. The number of methoxy groups -OCH3 is 1. The van der Waals surface area contributed by atoms with Crippen molar-refractivity contribution in [2.24, 2.45) is 5.84 Å². The molecule has 3 N–H and O–H groups in total. The monoisotopic (exact) mass is 304 g/mol. The van der Waals surface area contributed by atoms with Gasteiger partial charge >= 0.3 is 0 Å². The van der Waals surface area contributed by atoms with Crippen LogP contribution >= 0.6 is 23.2 Å². The summed E-state index contributed by atoms with van der Waals surface area (Å²) in [5.41, 5.74) is 3.84. The molecule has 5 heteroatoms. The Morgan fingerprint density at radius 2 is 2.00 bits per heavy atom. The summed E-state index contributed by atoms with van der Waals surface area (Å²) >= 11 is 11.9. The number of halogens is 2. The number of hydrogen-bond donors (Lipinski definition) is 2. The molecule has 0 saturated carbocycles. The van der Waals surface area contributed by atoms with E-state index in [0.29, 0.717) is 10.0 Å². The van der Waals surface area contributed by atoms with Crippen LogP contribution in [0, 0.1) is 0 Å². The average molecular weight is 305 g/mol. The molecule has 0 bridgehead atoms. The number of ether oxygens (including phenoxy) is 1. The van der Waals surface area contributed by atoms with Gasteiger partial charge in [-0.25, -0.2) is 0 Å². The fourth-order valence-corrected chi connectivity index (χ4v) is 2.14. The van der Waals surface area contributed by atoms with Crippen LogP contribution in [0.3, 0.4) is 0 Å². The average Bonchev–Trinajstić information content (AvgIpc) is 2.38. The van der Waals surface area contributed by atoms with E-state index in [2.05, 4.69) is 19.3 Å². The molecule has 19 heavy (non-hydrogen) atoms. The van der Waals surface area contributed by atoms with E-state index >= 15 is 0 Å². The van der Waals surface area contributed by atoms with Gasteiger partial charge in [-0.2, -0.15) is 0 Å². The lowest BCUT2D eigenvalue weighted by Crippen LogP contribution is -2.38. The van der Waals surface area contributed by atoms with Crippen molar-refractivity contribution in [1.82, 2.24) is 5.43 Å². The highest BCUT2D eigenvalue weighted by atomic mass is 35.5. The van der Waals surface area contributed by atoms with E-state index in [0.717, 1.165) is 24.8 Å². The van der Waals surface area contributed by atoms with Crippen molar-refractivity contribution in [3.05, 3.63) is 33.8 Å². The highest BCUT2D eigenvalue weighted by Crippen LogP contribution is 2.24. The first-order valence-corrected chi connectivity index (χ1v) is 7.09. The third-order valence-electron chi connectivity index (χ3n) is 3.35. The zero-order valence-corrected chi connectivity index (χ0v) is 13.2. The van der Waals surface area contributed by atoms with Gasteiger partial charge in [-0.3, -0.25) is 11.3 Å². The van der Waals surface area contributed by atoms with Crippen LogP contribution in [-0.4, -0.2) is 18.8 Å². The smallest absolute Gasteiger partial charge is 0.0623 e. The summed E-state index contributed by atoms with van der Waals surface area (Å²) in [7, 11) is 1.73. The van der Waals surface area contributed by atoms with Crippen molar-refractivity contribution >= 4 is 23.2 Å². The molecule has 1 aromatic carbocycles. The maximum absolute atomic E-state index is 6.01. The van der Waals surface area contributed by atoms with Crippen LogP contribution in [0.4, 0.5) is 0 Å². The van der Waals surface area contributed by atoms with Crippen LogP contribution in [0.15, 0.2) is 18.2 Å². The first-order valence-electron chi connectivity index (χ1n) is 6.33. The molecule has 3 nitrogen and oxygen atoms in total. The van der Waals surface area contributed by atoms with Crippen LogP contribution in [0.25, 0.3) is 0 Å². The minimum Gasteiger partial charge on any atom is -0.379 e. The zero-order valence-electron chi connectivity index (χ0n) is 11.7. The second kappa shape index (κ2) is 7.46. The standard InChI is InChI=1S/C14H22Cl2N2O/c1-14(2,19-3)7-6-11(18-17)8-10-4-5-12(15)13(16)9-10/h4-5,9,11,18H,6-8,17H2,1-3H3. The van der Waals surface area contributed by atoms with Crippen molar-refractivity contribution < 1.29 is 4.74 Å². The molecule has 0 spiro atoms. The molecule has 0 aliphatic carbocycles. The third kappa shape index (κ3) is 5.67. The van der Waals surface area contributed by atoms with Crippen LogP contribution in [0.5, 0.6) is 0 Å². The van der Waals surface area contributed by atoms with E-state index in [-0.39, 0.29) is 11.6 Å². The number of rotatable bonds is 7. The molecule has 0 radical (unpaired) electrons. The molecule has 0 amide bonds. The summed E-state index contributed by atoms with van der Waals surface area (Å²) in [5.74, 6) is 5.61. The van der Waals surface area contributed by atoms with Gasteiger partial charge in [0, 0.05) is 13.2 Å². The summed E-state index contributed by atoms with van der Waals surface area (Å²) in [6.07, 6.45) is 2.67. The molecule has 0 aliphatic heterocycles. The minimum atomic E-state index is -0.132. The Hall–Kier alpha value is -0.320. The van der Waals surface area contributed by atoms with Crippen molar-refractivity contribution in [1.29, 1.82) is 0 Å². The van der Waals surface area contributed by atoms with Gasteiger partial charge in [0.1, 0.15) is 0 Å². The van der Waals surface area contributed by atoms with Gasteiger partial charge in [0.05, 0.1) is 15.6 Å². The van der Waals surface area contributed by atoms with E-state index < -0.39 is 0 Å². The molecule has 0 heterocycles. The van der Waals surface area contributed by atoms with E-state index in [9.17, 15) is 0 Å². The number of benzene rings is 1. The maximum atomic E-state index is 6.01. The topological polar surface area (TPSA) is 47.3 Å². The van der Waals surface area contributed by atoms with Crippen LogP contribution in [-0.2, 0) is 11.2 Å². The molecular formula is C14H22Cl2N2O. The predicted octanol–water partition coefficient (Wildman–Crippen LogP) is 3.57. The zero-order chi connectivity index (χ0) is 14.5. The lowest BCUT2D eigenvalue weighted by atomic mass is 9.95. The second-order valence-corrected chi connectivity index (χ2v) is 6.13. The molecule has 0 fully saturated rings. The van der Waals surface area contributed by atoms with Gasteiger partial charge in [-0.1, -0.05) is 29.3 Å². The quantitative estimate of drug-likeness (QED) is 0.598. The van der Waals surface area contributed by atoms with Gasteiger partial charge < -0.3 is 4.74 Å². The fourth-order valence-electron chi connectivity index (χ4n) is 1.82. The summed E-state index contributed by atoms with van der Waals surface area (Å²) in [5, 5.41) is 1.15. The minimum absolute atomic E-state index is 0.132. The van der Waals surface area contributed by atoms with Gasteiger partial charge in [0.25, 0.3) is 0 Å². The lowest BCUT2D eigenvalue weighted by molar-refractivity contribution is 0.0117. The Labute approximate surface area is 125 Å². The van der Waals surface area contributed by atoms with Gasteiger partial charge in [0.15, 0.2) is 0 Å². The van der Waals surface area contributed by atoms with E-state index in [1.807, 2.05) is 18.2 Å². The third-order valence-corrected chi connectivity index (χ3v) is 4.09. The molecule has 1 rings (SSSR count). The SMILES string of the molecule is COC(C)(C)CCC(Cc1ccc(Cl)c(Cl)c1)NN. The summed E-state index contributed by atoms with van der Waals surface area (Å²) in [6, 6.07) is 5.85. The van der Waals surface area contributed by atoms with E-state index in [1.54, 1.807) is 7.11 Å². The van der Waals surface area contributed by atoms with Gasteiger partial charge in [-0.05, 0) is 50.8 Å². The summed E-state index contributed by atoms with van der Waals surface area (Å²) < 4.78 is 5.41. The highest BCUT2D eigenvalue weighted by molar-refractivity contribution is 6.42. The first-order chi connectivity index (χ1) is 8.88. The Kier molecular flexibility index (Phi) is 6.57. The maximum Gasteiger partial charge on any atom is 0.0623 e. The molecular weight excluding hydrogens is 283 g/mol. The summed E-state index contributed by atoms with van der Waals surface area (Å²) in [4.78, 5) is 0. The number of hydrazine groups is 1. The molecule has 1 unspecified atom stereocenters.